The molecular formula is C17H21N3O4S. The average molecular weight is 363 g/mol. The van der Waals surface area contributed by atoms with Crippen LogP contribution in [0.2, 0.25) is 0 Å². The smallest absolute Gasteiger partial charge is 0.263 e. The Bertz CT molecular complexity index is 858. The molecule has 1 aromatic heterocycles. The molecule has 2 aromatic rings. The summed E-state index contributed by atoms with van der Waals surface area (Å²) in [6.07, 6.45) is 1.59. The van der Waals surface area contributed by atoms with Gasteiger partial charge in [-0.1, -0.05) is 0 Å². The maximum absolute atomic E-state index is 12.5. The van der Waals surface area contributed by atoms with E-state index in [0.29, 0.717) is 24.7 Å². The zero-order valence-electron chi connectivity index (χ0n) is 14.4. The average Bonchev–Trinajstić information content (AvgIpc) is 2.55. The number of fused-ring (bicyclic) bond motifs is 1. The van der Waals surface area contributed by atoms with E-state index < -0.39 is 10.0 Å². The van der Waals surface area contributed by atoms with Crippen LogP contribution in [0.3, 0.4) is 0 Å². The van der Waals surface area contributed by atoms with E-state index in [0.717, 1.165) is 5.69 Å². The summed E-state index contributed by atoms with van der Waals surface area (Å²) in [6.45, 7) is 6.95. The second-order valence-electron chi connectivity index (χ2n) is 6.72. The summed E-state index contributed by atoms with van der Waals surface area (Å²) in [6, 6.07) is 7.91. The Balaban J connectivity index is 1.77. The normalized spacial score (nSPS) is 14.0. The summed E-state index contributed by atoms with van der Waals surface area (Å²) < 4.78 is 38.4. The predicted octanol–water partition coefficient (Wildman–Crippen LogP) is 2.86. The lowest BCUT2D eigenvalue weighted by Gasteiger charge is -2.22. The lowest BCUT2D eigenvalue weighted by Crippen LogP contribution is -2.26. The number of nitrogens with zero attached hydrogens (tertiary/aromatic N) is 1. The monoisotopic (exact) mass is 363 g/mol. The van der Waals surface area contributed by atoms with Crippen LogP contribution in [0.5, 0.6) is 11.5 Å². The molecule has 0 aliphatic carbocycles. The van der Waals surface area contributed by atoms with Crippen LogP contribution in [0.15, 0.2) is 41.4 Å². The number of nitrogens with one attached hydrogen (secondary N) is 2. The summed E-state index contributed by atoms with van der Waals surface area (Å²) in [5.41, 5.74) is 0.711. The maximum atomic E-state index is 12.5. The topological polar surface area (TPSA) is 89.5 Å². The Morgan fingerprint density at radius 3 is 2.40 bits per heavy atom. The summed E-state index contributed by atoms with van der Waals surface area (Å²) >= 11 is 0. The molecule has 1 aliphatic rings. The highest BCUT2D eigenvalue weighted by molar-refractivity contribution is 7.92. The van der Waals surface area contributed by atoms with Crippen molar-refractivity contribution >= 4 is 21.5 Å². The van der Waals surface area contributed by atoms with Crippen LogP contribution in [-0.2, 0) is 10.0 Å². The highest BCUT2D eigenvalue weighted by Gasteiger charge is 2.20. The van der Waals surface area contributed by atoms with Crippen LogP contribution >= 0.6 is 0 Å². The highest BCUT2D eigenvalue weighted by atomic mass is 32.2. The number of ether oxygens (including phenoxy) is 2. The summed E-state index contributed by atoms with van der Waals surface area (Å²) in [5, 5.41) is 3.27. The molecule has 3 rings (SSSR count). The molecule has 2 heterocycles. The molecule has 0 atom stereocenters. The van der Waals surface area contributed by atoms with E-state index in [1.807, 2.05) is 20.8 Å². The minimum atomic E-state index is -3.76. The second-order valence-corrected chi connectivity index (χ2v) is 8.40. The first-order valence-corrected chi connectivity index (χ1v) is 9.38. The van der Waals surface area contributed by atoms with Crippen molar-refractivity contribution in [3.8, 4) is 11.5 Å². The molecule has 1 aromatic carbocycles. The highest BCUT2D eigenvalue weighted by Crippen LogP contribution is 2.32. The van der Waals surface area contributed by atoms with Gasteiger partial charge in [-0.3, -0.25) is 4.72 Å². The van der Waals surface area contributed by atoms with E-state index in [1.54, 1.807) is 24.4 Å². The van der Waals surface area contributed by atoms with Gasteiger partial charge >= 0.3 is 0 Å². The third-order valence-corrected chi connectivity index (χ3v) is 4.70. The summed E-state index contributed by atoms with van der Waals surface area (Å²) in [5.74, 6) is 1.21. The molecule has 2 N–H and O–H groups in total. The SMILES string of the molecule is CC(C)(C)Nc1ccc(NS(=O)(=O)c2ccc3c(c2)OCCO3)nc1. The van der Waals surface area contributed by atoms with Gasteiger partial charge in [-0.25, -0.2) is 13.4 Å². The van der Waals surface area contributed by atoms with Crippen LogP contribution in [0.4, 0.5) is 11.5 Å². The van der Waals surface area contributed by atoms with Crippen molar-refractivity contribution < 1.29 is 17.9 Å². The van der Waals surface area contributed by atoms with Crippen molar-refractivity contribution in [2.45, 2.75) is 31.2 Å². The molecule has 0 amide bonds. The number of sulfonamides is 1. The van der Waals surface area contributed by atoms with Gasteiger partial charge in [0.25, 0.3) is 10.0 Å². The van der Waals surface area contributed by atoms with Crippen LogP contribution < -0.4 is 19.5 Å². The quantitative estimate of drug-likeness (QED) is 0.868. The predicted molar refractivity (Wildman–Crippen MR) is 95.9 cm³/mol. The lowest BCUT2D eigenvalue weighted by atomic mass is 10.1. The molecule has 0 saturated heterocycles. The van der Waals surface area contributed by atoms with Gasteiger partial charge in [0.1, 0.15) is 19.0 Å². The molecule has 0 fully saturated rings. The number of hydrogen-bond acceptors (Lipinski definition) is 6. The Kier molecular flexibility index (Phi) is 4.47. The molecule has 7 nitrogen and oxygen atoms in total. The standard InChI is InChI=1S/C17H21N3O4S/c1-17(2,3)19-12-4-7-16(18-11-12)20-25(21,22)13-5-6-14-15(10-13)24-9-8-23-14/h4-7,10-11,19H,8-9H2,1-3H3,(H,18,20). The number of rotatable bonds is 4. The van der Waals surface area contributed by atoms with Crippen LogP contribution in [0.1, 0.15) is 20.8 Å². The van der Waals surface area contributed by atoms with Crippen molar-refractivity contribution in [1.82, 2.24) is 4.98 Å². The first kappa shape index (κ1) is 17.3. The van der Waals surface area contributed by atoms with E-state index in [2.05, 4.69) is 15.0 Å². The van der Waals surface area contributed by atoms with E-state index in [9.17, 15) is 8.42 Å². The van der Waals surface area contributed by atoms with Crippen LogP contribution in [-0.4, -0.2) is 32.2 Å². The van der Waals surface area contributed by atoms with Crippen molar-refractivity contribution in [2.75, 3.05) is 23.3 Å². The van der Waals surface area contributed by atoms with Gasteiger partial charge < -0.3 is 14.8 Å². The van der Waals surface area contributed by atoms with Gasteiger partial charge in [-0.2, -0.15) is 0 Å². The molecular weight excluding hydrogens is 342 g/mol. The van der Waals surface area contributed by atoms with E-state index in [1.165, 1.54) is 12.1 Å². The van der Waals surface area contributed by atoms with Crippen LogP contribution in [0, 0.1) is 0 Å². The van der Waals surface area contributed by atoms with E-state index in [4.69, 9.17) is 9.47 Å². The van der Waals surface area contributed by atoms with Crippen LogP contribution in [0.25, 0.3) is 0 Å². The minimum absolute atomic E-state index is 0.0930. The van der Waals surface area contributed by atoms with Gasteiger partial charge in [0.05, 0.1) is 16.8 Å². The van der Waals surface area contributed by atoms with Crippen molar-refractivity contribution in [2.24, 2.45) is 0 Å². The van der Waals surface area contributed by atoms with Gasteiger partial charge in [0.2, 0.25) is 0 Å². The maximum Gasteiger partial charge on any atom is 0.263 e. The van der Waals surface area contributed by atoms with Crippen molar-refractivity contribution in [3.05, 3.63) is 36.5 Å². The zero-order chi connectivity index (χ0) is 18.1. The van der Waals surface area contributed by atoms with Gasteiger partial charge in [-0.15, -0.1) is 0 Å². The molecule has 25 heavy (non-hydrogen) atoms. The van der Waals surface area contributed by atoms with Crippen molar-refractivity contribution in [3.63, 3.8) is 0 Å². The Hall–Kier alpha value is -2.48. The Labute approximate surface area is 147 Å². The fraction of sp³-hybridized carbons (Fsp3) is 0.353. The number of benzene rings is 1. The Morgan fingerprint density at radius 1 is 1.04 bits per heavy atom. The van der Waals surface area contributed by atoms with Gasteiger partial charge in [0, 0.05) is 11.6 Å². The number of pyridine rings is 1. The molecule has 0 bridgehead atoms. The summed E-state index contributed by atoms with van der Waals surface area (Å²) in [7, 11) is -3.76. The number of aromatic nitrogens is 1. The first-order chi connectivity index (χ1) is 11.7. The first-order valence-electron chi connectivity index (χ1n) is 7.90. The minimum Gasteiger partial charge on any atom is -0.486 e. The molecule has 134 valence electrons. The third kappa shape index (κ3) is 4.33. The van der Waals surface area contributed by atoms with Crippen molar-refractivity contribution in [1.29, 1.82) is 0 Å². The second kappa shape index (κ2) is 6.44. The third-order valence-electron chi connectivity index (χ3n) is 3.35. The molecule has 8 heteroatoms. The molecule has 0 radical (unpaired) electrons. The fourth-order valence-electron chi connectivity index (χ4n) is 2.35. The van der Waals surface area contributed by atoms with Gasteiger partial charge in [-0.05, 0) is 45.0 Å². The number of anilines is 2. The molecule has 0 saturated carbocycles. The fourth-order valence-corrected chi connectivity index (χ4v) is 3.37. The number of hydrogen-bond donors (Lipinski definition) is 2. The zero-order valence-corrected chi connectivity index (χ0v) is 15.2. The molecule has 0 unspecified atom stereocenters. The summed E-state index contributed by atoms with van der Waals surface area (Å²) in [4.78, 5) is 4.25. The van der Waals surface area contributed by atoms with E-state index in [-0.39, 0.29) is 16.3 Å². The molecule has 1 aliphatic heterocycles. The van der Waals surface area contributed by atoms with Gasteiger partial charge in [0.15, 0.2) is 11.5 Å². The molecule has 0 spiro atoms. The lowest BCUT2D eigenvalue weighted by molar-refractivity contribution is 0.171. The van der Waals surface area contributed by atoms with E-state index >= 15 is 0 Å². The largest absolute Gasteiger partial charge is 0.486 e. The Morgan fingerprint density at radius 2 is 1.76 bits per heavy atom.